The van der Waals surface area contributed by atoms with Crippen LogP contribution in [0.25, 0.3) is 11.3 Å². The van der Waals surface area contributed by atoms with Crippen LogP contribution in [0.15, 0.2) is 75.1 Å². The van der Waals surface area contributed by atoms with Crippen LogP contribution in [0.1, 0.15) is 12.8 Å². The number of nitrogens with one attached hydrogen (secondary N) is 3. The number of anilines is 2. The van der Waals surface area contributed by atoms with Crippen LogP contribution >= 0.6 is 0 Å². The Kier molecular flexibility index (Phi) is 7.50. The SMILES string of the molecule is CN(C)c1ccc(NS(=O)(=O)c2cccc(S(=O)(=O)NCC3CCNCC3)c2)cc1-c1ccco1. The highest BCUT2D eigenvalue weighted by molar-refractivity contribution is 7.93. The van der Waals surface area contributed by atoms with Crippen LogP contribution < -0.4 is 19.7 Å². The number of hydrogen-bond acceptors (Lipinski definition) is 7. The molecule has 0 aliphatic carbocycles. The summed E-state index contributed by atoms with van der Waals surface area (Å²) in [6, 6.07) is 14.1. The maximum absolute atomic E-state index is 13.1. The highest BCUT2D eigenvalue weighted by Crippen LogP contribution is 2.33. The lowest BCUT2D eigenvalue weighted by molar-refractivity contribution is 0.372. The first-order valence-corrected chi connectivity index (χ1v) is 14.3. The second-order valence-corrected chi connectivity index (χ2v) is 12.2. The standard InChI is InChI=1S/C24H30N4O5S2/c1-28(2)23-9-8-19(15-22(23)24-7-4-14-33-24)27-35(31,32)21-6-3-5-20(16-21)34(29,30)26-17-18-10-12-25-13-11-18/h3-9,14-16,18,25-27H,10-13,17H2,1-2H3. The third kappa shape index (κ3) is 6.04. The van der Waals surface area contributed by atoms with Gasteiger partial charge in [-0.3, -0.25) is 4.72 Å². The van der Waals surface area contributed by atoms with Crippen LogP contribution in [0.2, 0.25) is 0 Å². The Bertz CT molecular complexity index is 1360. The van der Waals surface area contributed by atoms with Crippen LogP contribution in [0.5, 0.6) is 0 Å². The van der Waals surface area contributed by atoms with Crippen molar-refractivity contribution < 1.29 is 21.3 Å². The van der Waals surface area contributed by atoms with E-state index in [1.165, 1.54) is 24.3 Å². The molecule has 1 aliphatic heterocycles. The van der Waals surface area contributed by atoms with Crippen molar-refractivity contribution in [2.24, 2.45) is 5.92 Å². The van der Waals surface area contributed by atoms with E-state index in [0.717, 1.165) is 37.2 Å². The summed E-state index contributed by atoms with van der Waals surface area (Å²) >= 11 is 0. The van der Waals surface area contributed by atoms with Gasteiger partial charge in [0.25, 0.3) is 10.0 Å². The molecule has 0 spiro atoms. The lowest BCUT2D eigenvalue weighted by Crippen LogP contribution is -2.36. The summed E-state index contributed by atoms with van der Waals surface area (Å²) in [4.78, 5) is 1.67. The van der Waals surface area contributed by atoms with E-state index >= 15 is 0 Å². The summed E-state index contributed by atoms with van der Waals surface area (Å²) in [6.07, 6.45) is 3.34. The smallest absolute Gasteiger partial charge is 0.261 e. The van der Waals surface area contributed by atoms with E-state index in [1.807, 2.05) is 19.0 Å². The summed E-state index contributed by atoms with van der Waals surface area (Å²) in [6.45, 7) is 2.05. The molecular formula is C24H30N4O5S2. The van der Waals surface area contributed by atoms with Crippen molar-refractivity contribution in [3.05, 3.63) is 60.9 Å². The molecule has 0 saturated carbocycles. The number of benzene rings is 2. The number of rotatable bonds is 9. The second-order valence-electron chi connectivity index (χ2n) is 8.73. The maximum atomic E-state index is 13.1. The topological polar surface area (TPSA) is 121 Å². The number of nitrogens with zero attached hydrogens (tertiary/aromatic N) is 1. The van der Waals surface area contributed by atoms with Crippen LogP contribution in [0.4, 0.5) is 11.4 Å². The molecule has 9 nitrogen and oxygen atoms in total. The first-order valence-electron chi connectivity index (χ1n) is 11.3. The van der Waals surface area contributed by atoms with Gasteiger partial charge in [-0.25, -0.2) is 21.6 Å². The Morgan fingerprint density at radius 3 is 2.31 bits per heavy atom. The van der Waals surface area contributed by atoms with Crippen molar-refractivity contribution in [1.82, 2.24) is 10.0 Å². The summed E-state index contributed by atoms with van der Waals surface area (Å²) < 4.78 is 62.6. The first kappa shape index (κ1) is 25.2. The Morgan fingerprint density at radius 1 is 0.943 bits per heavy atom. The fourth-order valence-corrected chi connectivity index (χ4v) is 6.37. The molecule has 2 aromatic carbocycles. The lowest BCUT2D eigenvalue weighted by atomic mass is 9.99. The molecule has 1 fully saturated rings. The van der Waals surface area contributed by atoms with Crippen molar-refractivity contribution in [3.63, 3.8) is 0 Å². The van der Waals surface area contributed by atoms with Crippen LogP contribution in [0.3, 0.4) is 0 Å². The van der Waals surface area contributed by atoms with Crippen molar-refractivity contribution in [2.75, 3.05) is 43.4 Å². The van der Waals surface area contributed by atoms with E-state index in [0.29, 0.717) is 18.0 Å². The minimum absolute atomic E-state index is 0.0893. The zero-order valence-corrected chi connectivity index (χ0v) is 21.3. The zero-order chi connectivity index (χ0) is 25.1. The van der Waals surface area contributed by atoms with Gasteiger partial charge >= 0.3 is 0 Å². The molecule has 35 heavy (non-hydrogen) atoms. The molecule has 0 atom stereocenters. The van der Waals surface area contributed by atoms with Gasteiger partial charge in [0.1, 0.15) is 5.76 Å². The summed E-state index contributed by atoms with van der Waals surface area (Å²) in [5.41, 5.74) is 1.91. The molecule has 0 amide bonds. The molecule has 1 saturated heterocycles. The summed E-state index contributed by atoms with van der Waals surface area (Å²) in [5.74, 6) is 0.857. The third-order valence-corrected chi connectivity index (χ3v) is 8.76. The summed E-state index contributed by atoms with van der Waals surface area (Å²) in [5, 5.41) is 3.25. The van der Waals surface area contributed by atoms with Gasteiger partial charge in [0.05, 0.1) is 16.1 Å². The molecule has 11 heteroatoms. The monoisotopic (exact) mass is 518 g/mol. The predicted molar refractivity (Wildman–Crippen MR) is 137 cm³/mol. The van der Waals surface area contributed by atoms with E-state index in [1.54, 1.807) is 36.6 Å². The normalized spacial score (nSPS) is 15.1. The number of sulfonamides is 2. The number of piperidine rings is 1. The van der Waals surface area contributed by atoms with Gasteiger partial charge in [0.15, 0.2) is 0 Å². The fraction of sp³-hybridized carbons (Fsp3) is 0.333. The Hall–Kier alpha value is -2.86. The molecule has 188 valence electrons. The molecule has 0 bridgehead atoms. The van der Waals surface area contributed by atoms with Gasteiger partial charge in [0, 0.05) is 37.6 Å². The molecule has 2 heterocycles. The molecule has 1 aromatic heterocycles. The Balaban J connectivity index is 1.55. The van der Waals surface area contributed by atoms with Crippen molar-refractivity contribution in [1.29, 1.82) is 0 Å². The third-order valence-electron chi connectivity index (χ3n) is 5.96. The van der Waals surface area contributed by atoms with E-state index in [2.05, 4.69) is 14.8 Å². The second kappa shape index (κ2) is 10.4. The van der Waals surface area contributed by atoms with E-state index in [9.17, 15) is 16.8 Å². The van der Waals surface area contributed by atoms with E-state index in [4.69, 9.17) is 4.42 Å². The highest BCUT2D eigenvalue weighted by atomic mass is 32.2. The van der Waals surface area contributed by atoms with Gasteiger partial charge in [-0.15, -0.1) is 0 Å². The highest BCUT2D eigenvalue weighted by Gasteiger charge is 2.22. The van der Waals surface area contributed by atoms with Gasteiger partial charge in [0.2, 0.25) is 10.0 Å². The van der Waals surface area contributed by atoms with Crippen molar-refractivity contribution >= 4 is 31.4 Å². The number of furan rings is 1. The maximum Gasteiger partial charge on any atom is 0.261 e. The van der Waals surface area contributed by atoms with Gasteiger partial charge < -0.3 is 14.6 Å². The van der Waals surface area contributed by atoms with Gasteiger partial charge in [-0.1, -0.05) is 6.07 Å². The van der Waals surface area contributed by atoms with Crippen LogP contribution in [-0.2, 0) is 20.0 Å². The minimum atomic E-state index is -4.04. The molecule has 0 radical (unpaired) electrons. The molecule has 0 unspecified atom stereocenters. The Labute approximate surface area is 206 Å². The Morgan fingerprint density at radius 2 is 1.66 bits per heavy atom. The molecule has 3 N–H and O–H groups in total. The number of hydrogen-bond donors (Lipinski definition) is 3. The zero-order valence-electron chi connectivity index (χ0n) is 19.7. The lowest BCUT2D eigenvalue weighted by Gasteiger charge is -2.22. The van der Waals surface area contributed by atoms with Gasteiger partial charge in [-0.05, 0) is 80.4 Å². The van der Waals surface area contributed by atoms with Crippen molar-refractivity contribution in [3.8, 4) is 11.3 Å². The van der Waals surface area contributed by atoms with E-state index < -0.39 is 20.0 Å². The summed E-state index contributed by atoms with van der Waals surface area (Å²) in [7, 11) is -4.12. The van der Waals surface area contributed by atoms with Crippen molar-refractivity contribution in [2.45, 2.75) is 22.6 Å². The van der Waals surface area contributed by atoms with Crippen LogP contribution in [-0.4, -0.2) is 50.6 Å². The quantitative estimate of drug-likeness (QED) is 0.398. The average molecular weight is 519 g/mol. The average Bonchev–Trinajstić information content (AvgIpc) is 3.38. The molecular weight excluding hydrogens is 488 g/mol. The fourth-order valence-electron chi connectivity index (χ4n) is 4.04. The minimum Gasteiger partial charge on any atom is -0.464 e. The molecule has 4 rings (SSSR count). The molecule has 1 aliphatic rings. The largest absolute Gasteiger partial charge is 0.464 e. The van der Waals surface area contributed by atoms with Crippen LogP contribution in [0, 0.1) is 5.92 Å². The molecule has 3 aromatic rings. The predicted octanol–water partition coefficient (Wildman–Crippen LogP) is 3.09. The first-order chi connectivity index (χ1) is 16.7. The van der Waals surface area contributed by atoms with Gasteiger partial charge in [-0.2, -0.15) is 0 Å². The van der Waals surface area contributed by atoms with E-state index in [-0.39, 0.29) is 15.7 Å².